The van der Waals surface area contributed by atoms with Gasteiger partial charge in [-0.3, -0.25) is 14.5 Å². The number of rotatable bonds is 5. The molecule has 0 amide bonds. The molecule has 3 aromatic rings. The van der Waals surface area contributed by atoms with Gasteiger partial charge in [0.25, 0.3) is 5.56 Å². The number of likely N-dealkylation sites (tertiary alicyclic amines) is 1. The summed E-state index contributed by atoms with van der Waals surface area (Å²) < 4.78 is 5.14. The van der Waals surface area contributed by atoms with Crippen LogP contribution in [0.25, 0.3) is 20.7 Å². The van der Waals surface area contributed by atoms with E-state index < -0.39 is 0 Å². The maximum absolute atomic E-state index is 12.8. The number of hydrogen-bond donors (Lipinski definition) is 1. The number of H-pyrrole nitrogens is 1. The van der Waals surface area contributed by atoms with Crippen LogP contribution in [0.1, 0.15) is 38.6 Å². The Kier molecular flexibility index (Phi) is 5.61. The van der Waals surface area contributed by atoms with Gasteiger partial charge in [-0.1, -0.05) is 6.07 Å². The Hall–Kier alpha value is -2.03. The lowest BCUT2D eigenvalue weighted by atomic mass is 9.96. The molecule has 28 heavy (non-hydrogen) atoms. The van der Waals surface area contributed by atoms with Crippen molar-refractivity contribution in [1.82, 2.24) is 14.9 Å². The van der Waals surface area contributed by atoms with E-state index in [0.717, 1.165) is 41.2 Å². The highest BCUT2D eigenvalue weighted by Crippen LogP contribution is 2.34. The van der Waals surface area contributed by atoms with Crippen molar-refractivity contribution in [2.24, 2.45) is 5.92 Å². The van der Waals surface area contributed by atoms with Crippen LogP contribution in [0.2, 0.25) is 0 Å². The van der Waals surface area contributed by atoms with Gasteiger partial charge in [-0.2, -0.15) is 0 Å². The number of thiophene rings is 2. The third-order valence-corrected chi connectivity index (χ3v) is 7.12. The maximum Gasteiger partial charge on any atom is 0.309 e. The summed E-state index contributed by atoms with van der Waals surface area (Å²) in [6, 6.07) is 4.00. The minimum Gasteiger partial charge on any atom is -0.466 e. The monoisotopic (exact) mass is 417 g/mol. The molecule has 1 aliphatic heterocycles. The lowest BCUT2D eigenvalue weighted by molar-refractivity contribution is -0.149. The summed E-state index contributed by atoms with van der Waals surface area (Å²) in [6.07, 6.45) is 1.55. The first-order chi connectivity index (χ1) is 13.6. The first-order valence-electron chi connectivity index (χ1n) is 9.54. The van der Waals surface area contributed by atoms with Gasteiger partial charge in [0.1, 0.15) is 10.7 Å². The predicted molar refractivity (Wildman–Crippen MR) is 113 cm³/mol. The second kappa shape index (κ2) is 8.14. The van der Waals surface area contributed by atoms with Gasteiger partial charge in [0.2, 0.25) is 0 Å². The maximum atomic E-state index is 12.8. The molecule has 4 rings (SSSR count). The van der Waals surface area contributed by atoms with Crippen LogP contribution in [0.15, 0.2) is 27.7 Å². The number of nitrogens with zero attached hydrogens (tertiary/aromatic N) is 2. The van der Waals surface area contributed by atoms with Crippen LogP contribution >= 0.6 is 22.7 Å². The first kappa shape index (κ1) is 19.3. The van der Waals surface area contributed by atoms with Crippen LogP contribution in [0.3, 0.4) is 0 Å². The van der Waals surface area contributed by atoms with E-state index in [-0.39, 0.29) is 23.5 Å². The molecule has 4 heterocycles. The van der Waals surface area contributed by atoms with Crippen molar-refractivity contribution in [2.45, 2.75) is 32.7 Å². The molecule has 1 atom stereocenters. The van der Waals surface area contributed by atoms with Gasteiger partial charge in [0.15, 0.2) is 0 Å². The molecule has 1 aliphatic rings. The van der Waals surface area contributed by atoms with Crippen LogP contribution in [0.4, 0.5) is 0 Å². The molecule has 0 aromatic carbocycles. The molecule has 0 bridgehead atoms. The normalized spacial score (nSPS) is 17.1. The number of piperidine rings is 1. The Morgan fingerprint density at radius 3 is 2.86 bits per heavy atom. The van der Waals surface area contributed by atoms with Crippen molar-refractivity contribution in [3.8, 4) is 10.4 Å². The molecule has 1 N–H and O–H groups in total. The fourth-order valence-corrected chi connectivity index (χ4v) is 5.50. The van der Waals surface area contributed by atoms with E-state index in [9.17, 15) is 9.59 Å². The summed E-state index contributed by atoms with van der Waals surface area (Å²) in [7, 11) is 0. The zero-order valence-corrected chi connectivity index (χ0v) is 17.6. The van der Waals surface area contributed by atoms with E-state index in [2.05, 4.69) is 16.8 Å². The van der Waals surface area contributed by atoms with E-state index in [1.165, 1.54) is 11.3 Å². The van der Waals surface area contributed by atoms with Crippen molar-refractivity contribution in [2.75, 3.05) is 19.7 Å². The minimum absolute atomic E-state index is 0.00691. The van der Waals surface area contributed by atoms with E-state index in [1.54, 1.807) is 11.3 Å². The number of fused-ring (bicyclic) bond motifs is 1. The summed E-state index contributed by atoms with van der Waals surface area (Å²) in [6.45, 7) is 5.90. The van der Waals surface area contributed by atoms with Gasteiger partial charge in [0.05, 0.1) is 24.0 Å². The minimum atomic E-state index is -0.0950. The summed E-state index contributed by atoms with van der Waals surface area (Å²) in [5, 5.41) is 4.69. The predicted octanol–water partition coefficient (Wildman–Crippen LogP) is 4.05. The van der Waals surface area contributed by atoms with Gasteiger partial charge in [-0.15, -0.1) is 22.7 Å². The fraction of sp³-hybridized carbons (Fsp3) is 0.450. The van der Waals surface area contributed by atoms with Crippen molar-refractivity contribution in [3.63, 3.8) is 0 Å². The molecule has 0 unspecified atom stereocenters. The standard InChI is InChI=1S/C20H23N3O3S2/c1-3-26-20(25)13-6-8-23(9-7-13)12(2)17-21-18(24)16-14(11-28-19(16)22-17)15-5-4-10-27-15/h4-5,10-13H,3,6-9H2,1-2H3,(H,21,22,24)/t12-/m0/s1. The molecular weight excluding hydrogens is 394 g/mol. The highest BCUT2D eigenvalue weighted by Gasteiger charge is 2.29. The number of nitrogens with one attached hydrogen (secondary N) is 1. The number of carbonyl (C=O) groups is 1. The van der Waals surface area contributed by atoms with Gasteiger partial charge < -0.3 is 9.72 Å². The van der Waals surface area contributed by atoms with Gasteiger partial charge >= 0.3 is 5.97 Å². The molecule has 0 saturated carbocycles. The Bertz CT molecular complexity index is 1020. The van der Waals surface area contributed by atoms with E-state index in [0.29, 0.717) is 17.8 Å². The molecular formula is C20H23N3O3S2. The van der Waals surface area contributed by atoms with E-state index in [1.807, 2.05) is 29.8 Å². The Balaban J connectivity index is 1.53. The average molecular weight is 418 g/mol. The number of esters is 1. The third-order valence-electron chi connectivity index (χ3n) is 5.34. The SMILES string of the molecule is CCOC(=O)C1CCN([C@@H](C)c2nc3scc(-c4cccs4)c3c(=O)[nH]2)CC1. The van der Waals surface area contributed by atoms with Crippen LogP contribution in [-0.2, 0) is 9.53 Å². The summed E-state index contributed by atoms with van der Waals surface area (Å²) >= 11 is 3.13. The molecule has 0 radical (unpaired) electrons. The Morgan fingerprint density at radius 2 is 2.18 bits per heavy atom. The zero-order chi connectivity index (χ0) is 19.7. The van der Waals surface area contributed by atoms with Gasteiger partial charge in [-0.25, -0.2) is 4.98 Å². The van der Waals surface area contributed by atoms with Crippen molar-refractivity contribution in [1.29, 1.82) is 0 Å². The highest BCUT2D eigenvalue weighted by atomic mass is 32.1. The lowest BCUT2D eigenvalue weighted by Crippen LogP contribution is -2.39. The summed E-state index contributed by atoms with van der Waals surface area (Å²) in [4.78, 5) is 36.6. The number of carbonyl (C=O) groups excluding carboxylic acids is 1. The smallest absolute Gasteiger partial charge is 0.309 e. The van der Waals surface area contributed by atoms with Crippen LogP contribution in [0, 0.1) is 5.92 Å². The Morgan fingerprint density at radius 1 is 1.39 bits per heavy atom. The van der Waals surface area contributed by atoms with Gasteiger partial charge in [-0.05, 0) is 51.2 Å². The van der Waals surface area contributed by atoms with Crippen LogP contribution in [0.5, 0.6) is 0 Å². The molecule has 0 spiro atoms. The topological polar surface area (TPSA) is 75.3 Å². The van der Waals surface area contributed by atoms with Gasteiger partial charge in [0, 0.05) is 15.8 Å². The van der Waals surface area contributed by atoms with Crippen LogP contribution < -0.4 is 5.56 Å². The number of hydrogen-bond acceptors (Lipinski definition) is 7. The second-order valence-electron chi connectivity index (χ2n) is 7.00. The Labute approximate surface area is 171 Å². The summed E-state index contributed by atoms with van der Waals surface area (Å²) in [5.41, 5.74) is 0.871. The van der Waals surface area contributed by atoms with E-state index in [4.69, 9.17) is 9.72 Å². The third kappa shape index (κ3) is 3.64. The first-order valence-corrected chi connectivity index (χ1v) is 11.3. The average Bonchev–Trinajstić information content (AvgIpc) is 3.37. The van der Waals surface area contributed by atoms with Crippen LogP contribution in [-0.4, -0.2) is 40.5 Å². The molecule has 1 fully saturated rings. The lowest BCUT2D eigenvalue weighted by Gasteiger charge is -2.34. The molecule has 6 nitrogen and oxygen atoms in total. The zero-order valence-electron chi connectivity index (χ0n) is 15.9. The van der Waals surface area contributed by atoms with E-state index >= 15 is 0 Å². The quantitative estimate of drug-likeness (QED) is 0.634. The summed E-state index contributed by atoms with van der Waals surface area (Å²) in [5.74, 6) is 0.567. The highest BCUT2D eigenvalue weighted by molar-refractivity contribution is 7.18. The van der Waals surface area contributed by atoms with Crippen molar-refractivity contribution < 1.29 is 9.53 Å². The number of aromatic nitrogens is 2. The molecule has 3 aromatic heterocycles. The molecule has 1 saturated heterocycles. The number of ether oxygens (including phenoxy) is 1. The largest absolute Gasteiger partial charge is 0.466 e. The van der Waals surface area contributed by atoms with Crippen molar-refractivity contribution >= 4 is 38.9 Å². The van der Waals surface area contributed by atoms with Crippen molar-refractivity contribution in [3.05, 3.63) is 39.1 Å². The number of aromatic amines is 1. The molecule has 8 heteroatoms. The fourth-order valence-electron chi connectivity index (χ4n) is 3.73. The molecule has 0 aliphatic carbocycles. The second-order valence-corrected chi connectivity index (χ2v) is 8.80. The molecule has 148 valence electrons.